The molecule has 0 aromatic rings. The molecule has 0 aromatic carbocycles. The minimum Gasteiger partial charge on any atom is -0.384 e. The molecule has 0 saturated heterocycles. The first-order chi connectivity index (χ1) is 5.35. The Morgan fingerprint density at radius 3 is 2.36 bits per heavy atom. The van der Waals surface area contributed by atoms with Gasteiger partial charge in [0, 0.05) is 13.2 Å². The summed E-state index contributed by atoms with van der Waals surface area (Å²) in [5.41, 5.74) is 5.25. The summed E-state index contributed by atoms with van der Waals surface area (Å²) in [6.45, 7) is 7.44. The maximum absolute atomic E-state index is 5.25. The molecular weight excluding hydrogens is 139 g/mol. The molecule has 3 N–H and O–H groups in total. The average molecular weight is 159 g/mol. The van der Waals surface area contributed by atoms with E-state index in [-0.39, 0.29) is 6.00 Å². The Balaban J connectivity index is 0. The molecule has 0 aliphatic rings. The van der Waals surface area contributed by atoms with E-state index in [1.807, 2.05) is 27.8 Å². The van der Waals surface area contributed by atoms with E-state index in [2.05, 4.69) is 5.32 Å². The van der Waals surface area contributed by atoms with Gasteiger partial charge in [0.25, 0.3) is 0 Å². The van der Waals surface area contributed by atoms with Crippen LogP contribution in [-0.4, -0.2) is 33.6 Å². The number of nitrogens with two attached hydrogens (primary N) is 1. The van der Waals surface area contributed by atoms with Crippen molar-refractivity contribution in [1.29, 1.82) is 0 Å². The van der Waals surface area contributed by atoms with Crippen molar-refractivity contribution >= 4 is 7.41 Å². The summed E-state index contributed by atoms with van der Waals surface area (Å²) in [6, 6.07) is 0.0556. The maximum Gasteiger partial charge on any atom is 0.240 e. The average Bonchev–Trinajstić information content (AvgIpc) is 2.08. The number of rotatable bonds is 5. The topological polar surface area (TPSA) is 47.3 Å². The van der Waals surface area contributed by atoms with E-state index >= 15 is 0 Å². The van der Waals surface area contributed by atoms with Crippen LogP contribution in [0.15, 0.2) is 0 Å². The molecule has 0 spiro atoms. The fraction of sp³-hybridized carbons (Fsp3) is 1.00. The lowest BCUT2D eigenvalue weighted by Crippen LogP contribution is -2.36. The molecule has 4 heteroatoms. The zero-order chi connectivity index (χ0) is 9.11. The Morgan fingerprint density at radius 2 is 2.09 bits per heavy atom. The largest absolute Gasteiger partial charge is 0.384 e. The first kappa shape index (κ1) is 13.5. The molecule has 1 unspecified atom stereocenters. The van der Waals surface area contributed by atoms with Crippen LogP contribution in [0.25, 0.3) is 0 Å². The zero-order valence-corrected chi connectivity index (χ0v) is 8.05. The van der Waals surface area contributed by atoms with Crippen molar-refractivity contribution in [2.45, 2.75) is 26.8 Å². The third-order valence-corrected chi connectivity index (χ3v) is 1.00. The summed E-state index contributed by atoms with van der Waals surface area (Å²) in [7, 11) is 3.43. The van der Waals surface area contributed by atoms with Crippen molar-refractivity contribution in [3.63, 3.8) is 0 Å². The Labute approximate surface area is 70.9 Å². The van der Waals surface area contributed by atoms with Crippen molar-refractivity contribution in [1.82, 2.24) is 5.32 Å². The summed E-state index contributed by atoms with van der Waals surface area (Å²) in [5, 5.41) is 2.97. The summed E-state index contributed by atoms with van der Waals surface area (Å²) >= 11 is 0. The number of likely N-dealkylation sites (N-methyl/N-ethyl adjacent to an activating group) is 1. The van der Waals surface area contributed by atoms with Gasteiger partial charge < -0.3 is 15.7 Å². The molecule has 0 bridgehead atoms. The van der Waals surface area contributed by atoms with Crippen molar-refractivity contribution in [2.75, 3.05) is 20.2 Å². The molecular formula is C7H20BN2O. The lowest BCUT2D eigenvalue weighted by molar-refractivity contribution is 0.117. The van der Waals surface area contributed by atoms with Gasteiger partial charge in [-0.15, -0.1) is 0 Å². The van der Waals surface area contributed by atoms with Crippen LogP contribution in [-0.2, 0) is 4.74 Å². The Kier molecular flexibility index (Phi) is 15.5. The number of nitrogens with one attached hydrogen (secondary N) is 1. The lowest BCUT2D eigenvalue weighted by atomic mass is 9.87. The highest BCUT2D eigenvalue weighted by Crippen LogP contribution is 1.83. The molecule has 0 saturated carbocycles. The normalized spacial score (nSPS) is 11.4. The Morgan fingerprint density at radius 1 is 1.55 bits per heavy atom. The fourth-order valence-electron chi connectivity index (χ4n) is 0.598. The molecule has 3 nitrogen and oxygen atoms in total. The van der Waals surface area contributed by atoms with Crippen molar-refractivity contribution < 1.29 is 4.74 Å². The summed E-state index contributed by atoms with van der Waals surface area (Å²) in [6.07, 6.45) is 0. The smallest absolute Gasteiger partial charge is 0.240 e. The van der Waals surface area contributed by atoms with E-state index in [4.69, 9.17) is 10.4 Å². The van der Waals surface area contributed by atoms with Gasteiger partial charge in [-0.3, -0.25) is 0 Å². The van der Waals surface area contributed by atoms with Crippen LogP contribution in [0, 0.1) is 0 Å². The van der Waals surface area contributed by atoms with E-state index in [1.54, 1.807) is 7.41 Å². The molecule has 0 amide bonds. The van der Waals surface area contributed by atoms with E-state index < -0.39 is 0 Å². The summed E-state index contributed by atoms with van der Waals surface area (Å²) < 4.78 is 5.19. The summed E-state index contributed by atoms with van der Waals surface area (Å²) in [4.78, 5) is 0. The van der Waals surface area contributed by atoms with Gasteiger partial charge in [0.15, 0.2) is 0 Å². The number of ether oxygens (including phenoxy) is 1. The van der Waals surface area contributed by atoms with Gasteiger partial charge in [-0.05, 0) is 14.0 Å². The molecule has 0 aromatic heterocycles. The predicted molar refractivity (Wildman–Crippen MR) is 50.6 cm³/mol. The highest BCUT2D eigenvalue weighted by molar-refractivity contribution is 6.32. The second-order valence-corrected chi connectivity index (χ2v) is 1.74. The van der Waals surface area contributed by atoms with Gasteiger partial charge in [0.2, 0.25) is 7.41 Å². The second-order valence-electron chi connectivity index (χ2n) is 1.74. The van der Waals surface area contributed by atoms with Gasteiger partial charge in [0.05, 0.1) is 6.00 Å². The van der Waals surface area contributed by atoms with Gasteiger partial charge in [-0.1, -0.05) is 13.8 Å². The summed E-state index contributed by atoms with van der Waals surface area (Å²) in [5.74, 6) is 0. The first-order valence-electron chi connectivity index (χ1n) is 4.16. The highest BCUT2D eigenvalue weighted by Gasteiger charge is 2.03. The van der Waals surface area contributed by atoms with Crippen LogP contribution in [0.4, 0.5) is 0 Å². The molecule has 0 aliphatic heterocycles. The lowest BCUT2D eigenvalue weighted by Gasteiger charge is -2.11. The Bertz CT molecular complexity index is 58.4. The van der Waals surface area contributed by atoms with E-state index in [1.165, 1.54) is 0 Å². The molecule has 67 valence electrons. The minimum absolute atomic E-state index is 0.0556. The van der Waals surface area contributed by atoms with E-state index in [0.29, 0.717) is 6.61 Å². The van der Waals surface area contributed by atoms with Gasteiger partial charge in [-0.2, -0.15) is 0 Å². The number of hydrogen-bond acceptors (Lipinski definition) is 3. The van der Waals surface area contributed by atoms with Crippen LogP contribution in [0.1, 0.15) is 20.8 Å². The molecule has 0 heterocycles. The monoisotopic (exact) mass is 159 g/mol. The van der Waals surface area contributed by atoms with Gasteiger partial charge in [-0.25, -0.2) is 0 Å². The fourth-order valence-corrected chi connectivity index (χ4v) is 0.598. The quantitative estimate of drug-likeness (QED) is 0.562. The van der Waals surface area contributed by atoms with Crippen molar-refractivity contribution in [3.05, 3.63) is 0 Å². The van der Waals surface area contributed by atoms with Gasteiger partial charge in [0.1, 0.15) is 0 Å². The van der Waals surface area contributed by atoms with Gasteiger partial charge >= 0.3 is 0 Å². The second kappa shape index (κ2) is 12.6. The standard InChI is InChI=1S/C5H14BN2O.C2H6/c1-3-9-5(6-7)4-8-2;1-2/h5,8H,3-4,7H2,1-2H3;1-2H3. The SMILES string of the molecule is CC.CCOC([B]N)CNC. The van der Waals surface area contributed by atoms with E-state index in [9.17, 15) is 0 Å². The minimum atomic E-state index is 0.0556. The third kappa shape index (κ3) is 9.94. The number of hydrogen-bond donors (Lipinski definition) is 2. The molecule has 0 rings (SSSR count). The third-order valence-electron chi connectivity index (χ3n) is 1.00. The molecule has 1 radical (unpaired) electrons. The van der Waals surface area contributed by atoms with Crippen LogP contribution in [0.5, 0.6) is 0 Å². The highest BCUT2D eigenvalue weighted by atomic mass is 16.5. The molecule has 1 atom stereocenters. The first-order valence-corrected chi connectivity index (χ1v) is 4.16. The van der Waals surface area contributed by atoms with Crippen LogP contribution in [0.3, 0.4) is 0 Å². The van der Waals surface area contributed by atoms with Crippen LogP contribution >= 0.6 is 0 Å². The molecule has 0 fully saturated rings. The Hall–Kier alpha value is -0.0551. The van der Waals surface area contributed by atoms with Crippen LogP contribution in [0.2, 0.25) is 0 Å². The maximum atomic E-state index is 5.25. The van der Waals surface area contributed by atoms with Crippen molar-refractivity contribution in [2.24, 2.45) is 5.64 Å². The van der Waals surface area contributed by atoms with Crippen molar-refractivity contribution in [3.8, 4) is 0 Å². The molecule has 0 aliphatic carbocycles. The zero-order valence-electron chi connectivity index (χ0n) is 8.05. The van der Waals surface area contributed by atoms with Crippen LogP contribution < -0.4 is 11.0 Å². The molecule has 11 heavy (non-hydrogen) atoms. The van der Waals surface area contributed by atoms with E-state index in [0.717, 1.165) is 6.54 Å². The predicted octanol–water partition coefficient (Wildman–Crippen LogP) is 0.173.